The van der Waals surface area contributed by atoms with Crippen LogP contribution in [0.4, 0.5) is 0 Å². The third-order valence-corrected chi connectivity index (χ3v) is 3.05. The van der Waals surface area contributed by atoms with Gasteiger partial charge in [-0.05, 0) is 19.8 Å². The van der Waals surface area contributed by atoms with Gasteiger partial charge in [-0.25, -0.2) is 0 Å². The van der Waals surface area contributed by atoms with E-state index in [0.29, 0.717) is 6.54 Å². The van der Waals surface area contributed by atoms with Gasteiger partial charge >= 0.3 is 0 Å². The number of nitrogens with one attached hydrogen (secondary N) is 1. The minimum atomic E-state index is -0.442. The van der Waals surface area contributed by atoms with Crippen LogP contribution in [-0.2, 0) is 4.79 Å². The van der Waals surface area contributed by atoms with Crippen LogP contribution in [0.3, 0.4) is 0 Å². The quantitative estimate of drug-likeness (QED) is 0.751. The molecule has 0 unspecified atom stereocenters. The molecule has 0 aromatic heterocycles. The summed E-state index contributed by atoms with van der Waals surface area (Å²) in [5.74, 6) is 0.321. The molecule has 1 aliphatic carbocycles. The van der Waals surface area contributed by atoms with Crippen molar-refractivity contribution in [3.05, 3.63) is 0 Å². The zero-order valence-electron chi connectivity index (χ0n) is 9.67. The van der Waals surface area contributed by atoms with Gasteiger partial charge in [-0.1, -0.05) is 32.1 Å². The first kappa shape index (κ1) is 12.5. The van der Waals surface area contributed by atoms with Crippen LogP contribution in [0.5, 0.6) is 0 Å². The van der Waals surface area contributed by atoms with Crippen LogP contribution < -0.4 is 5.32 Å². The molecule has 1 aliphatic rings. The van der Waals surface area contributed by atoms with Crippen molar-refractivity contribution in [2.45, 2.75) is 58.0 Å². The normalized spacial score (nSPS) is 21.5. The number of rotatable bonds is 3. The topological polar surface area (TPSA) is 49.3 Å². The number of carbonyl (C=O) groups excluding carboxylic acids is 1. The molecular weight excluding hydrogens is 190 g/mol. The number of hydrogen-bond acceptors (Lipinski definition) is 2. The fraction of sp³-hybridized carbons (Fsp3) is 0.917. The molecule has 0 aromatic rings. The lowest BCUT2D eigenvalue weighted by molar-refractivity contribution is -0.126. The Morgan fingerprint density at radius 3 is 2.33 bits per heavy atom. The maximum absolute atomic E-state index is 11.7. The van der Waals surface area contributed by atoms with Crippen molar-refractivity contribution in [2.75, 3.05) is 6.54 Å². The molecule has 0 heterocycles. The van der Waals surface area contributed by atoms with Crippen LogP contribution >= 0.6 is 0 Å². The van der Waals surface area contributed by atoms with Crippen molar-refractivity contribution >= 4 is 5.91 Å². The van der Waals surface area contributed by atoms with E-state index in [4.69, 9.17) is 5.11 Å². The van der Waals surface area contributed by atoms with E-state index in [-0.39, 0.29) is 11.8 Å². The summed E-state index contributed by atoms with van der Waals surface area (Å²) in [5.41, 5.74) is 0. The van der Waals surface area contributed by atoms with Crippen molar-refractivity contribution in [3.63, 3.8) is 0 Å². The highest BCUT2D eigenvalue weighted by atomic mass is 16.3. The molecule has 0 radical (unpaired) electrons. The zero-order chi connectivity index (χ0) is 11.1. The average molecular weight is 213 g/mol. The molecule has 3 heteroatoms. The molecule has 88 valence electrons. The molecular formula is C12H23NO2. The first-order valence-electron chi connectivity index (χ1n) is 6.16. The van der Waals surface area contributed by atoms with Gasteiger partial charge in [0.05, 0.1) is 6.10 Å². The van der Waals surface area contributed by atoms with E-state index in [1.165, 1.54) is 32.1 Å². The highest BCUT2D eigenvalue weighted by Crippen LogP contribution is 2.22. The second-order valence-corrected chi connectivity index (χ2v) is 4.64. The van der Waals surface area contributed by atoms with E-state index in [0.717, 1.165) is 12.8 Å². The van der Waals surface area contributed by atoms with Crippen molar-refractivity contribution in [3.8, 4) is 0 Å². The molecule has 1 rings (SSSR count). The Morgan fingerprint density at radius 1 is 1.27 bits per heavy atom. The SMILES string of the molecule is C[C@@H](O)CNC(=O)C1CCCCCCC1. The molecule has 1 amide bonds. The minimum Gasteiger partial charge on any atom is -0.392 e. The van der Waals surface area contributed by atoms with E-state index < -0.39 is 6.10 Å². The lowest BCUT2D eigenvalue weighted by atomic mass is 9.90. The molecule has 15 heavy (non-hydrogen) atoms. The molecule has 1 fully saturated rings. The van der Waals surface area contributed by atoms with Crippen molar-refractivity contribution < 1.29 is 9.90 Å². The Bertz CT molecular complexity index is 184. The van der Waals surface area contributed by atoms with Gasteiger partial charge in [-0.2, -0.15) is 0 Å². The molecule has 0 aliphatic heterocycles. The van der Waals surface area contributed by atoms with Gasteiger partial charge in [-0.3, -0.25) is 4.79 Å². The number of carbonyl (C=O) groups is 1. The number of aliphatic hydroxyl groups excluding tert-OH is 1. The first-order chi connectivity index (χ1) is 7.20. The minimum absolute atomic E-state index is 0.137. The highest BCUT2D eigenvalue weighted by Gasteiger charge is 2.18. The third kappa shape index (κ3) is 5.17. The average Bonchev–Trinajstić information content (AvgIpc) is 2.13. The summed E-state index contributed by atoms with van der Waals surface area (Å²) < 4.78 is 0. The molecule has 2 N–H and O–H groups in total. The van der Waals surface area contributed by atoms with Crippen LogP contribution in [0, 0.1) is 5.92 Å². The van der Waals surface area contributed by atoms with E-state index in [2.05, 4.69) is 5.32 Å². The summed E-state index contributed by atoms with van der Waals surface area (Å²) >= 11 is 0. The molecule has 3 nitrogen and oxygen atoms in total. The van der Waals surface area contributed by atoms with Gasteiger partial charge in [0.1, 0.15) is 0 Å². The lowest BCUT2D eigenvalue weighted by Gasteiger charge is -2.19. The lowest BCUT2D eigenvalue weighted by Crippen LogP contribution is -2.35. The summed E-state index contributed by atoms with van der Waals surface area (Å²) in [6.45, 7) is 2.08. The van der Waals surface area contributed by atoms with Crippen molar-refractivity contribution in [1.29, 1.82) is 0 Å². The summed E-state index contributed by atoms with van der Waals surface area (Å²) in [5, 5.41) is 11.9. The van der Waals surface area contributed by atoms with Gasteiger partial charge in [0.15, 0.2) is 0 Å². The Hall–Kier alpha value is -0.570. The van der Waals surface area contributed by atoms with E-state index in [1.54, 1.807) is 6.92 Å². The van der Waals surface area contributed by atoms with E-state index in [9.17, 15) is 4.79 Å². The van der Waals surface area contributed by atoms with Gasteiger partial charge in [0.2, 0.25) is 5.91 Å². The molecule has 1 atom stereocenters. The second kappa shape index (κ2) is 6.83. The smallest absolute Gasteiger partial charge is 0.223 e. The molecule has 0 bridgehead atoms. The number of hydrogen-bond donors (Lipinski definition) is 2. The van der Waals surface area contributed by atoms with Crippen molar-refractivity contribution in [1.82, 2.24) is 5.32 Å². The fourth-order valence-electron chi connectivity index (χ4n) is 2.11. The van der Waals surface area contributed by atoms with E-state index >= 15 is 0 Å². The Kier molecular flexibility index (Phi) is 5.69. The molecule has 1 saturated carbocycles. The monoisotopic (exact) mass is 213 g/mol. The second-order valence-electron chi connectivity index (χ2n) is 4.64. The maximum atomic E-state index is 11.7. The summed E-state index contributed by atoms with van der Waals surface area (Å²) in [6, 6.07) is 0. The van der Waals surface area contributed by atoms with Crippen LogP contribution in [0.1, 0.15) is 51.9 Å². The van der Waals surface area contributed by atoms with Crippen LogP contribution in [0.25, 0.3) is 0 Å². The van der Waals surface area contributed by atoms with Crippen LogP contribution in [0.15, 0.2) is 0 Å². The van der Waals surface area contributed by atoms with Crippen molar-refractivity contribution in [2.24, 2.45) is 5.92 Å². The van der Waals surface area contributed by atoms with Gasteiger partial charge in [0.25, 0.3) is 0 Å². The molecule has 0 aromatic carbocycles. The van der Waals surface area contributed by atoms with Gasteiger partial charge in [-0.15, -0.1) is 0 Å². The molecule has 0 spiro atoms. The van der Waals surface area contributed by atoms with Crippen LogP contribution in [-0.4, -0.2) is 23.7 Å². The third-order valence-electron chi connectivity index (χ3n) is 3.05. The number of aliphatic hydroxyl groups is 1. The first-order valence-corrected chi connectivity index (χ1v) is 6.16. The predicted molar refractivity (Wildman–Crippen MR) is 60.5 cm³/mol. The summed E-state index contributed by atoms with van der Waals surface area (Å²) in [7, 11) is 0. The fourth-order valence-corrected chi connectivity index (χ4v) is 2.11. The standard InChI is InChI=1S/C12H23NO2/c1-10(14)9-13-12(15)11-7-5-3-2-4-6-8-11/h10-11,14H,2-9H2,1H3,(H,13,15)/t10-/m1/s1. The predicted octanol–water partition coefficient (Wildman–Crippen LogP) is 1.84. The summed E-state index contributed by atoms with van der Waals surface area (Å²) in [4.78, 5) is 11.7. The van der Waals surface area contributed by atoms with Crippen LogP contribution in [0.2, 0.25) is 0 Å². The summed E-state index contributed by atoms with van der Waals surface area (Å²) in [6.07, 6.45) is 7.79. The van der Waals surface area contributed by atoms with Gasteiger partial charge < -0.3 is 10.4 Å². The zero-order valence-corrected chi connectivity index (χ0v) is 9.67. The maximum Gasteiger partial charge on any atom is 0.223 e. The highest BCUT2D eigenvalue weighted by molar-refractivity contribution is 5.78. The Balaban J connectivity index is 2.28. The Morgan fingerprint density at radius 2 is 1.80 bits per heavy atom. The van der Waals surface area contributed by atoms with E-state index in [1.807, 2.05) is 0 Å². The van der Waals surface area contributed by atoms with Gasteiger partial charge in [0, 0.05) is 12.5 Å². The largest absolute Gasteiger partial charge is 0.392 e. The Labute approximate surface area is 92.3 Å². The number of amides is 1. The molecule has 0 saturated heterocycles.